The van der Waals surface area contributed by atoms with Crippen molar-refractivity contribution in [1.29, 1.82) is 0 Å². The fraction of sp³-hybridized carbons (Fsp3) is 0.154. The fourth-order valence-corrected chi connectivity index (χ4v) is 1.66. The Bertz CT molecular complexity index is 619. The Morgan fingerprint density at radius 3 is 2.58 bits per heavy atom. The molecule has 0 bridgehead atoms. The van der Waals surface area contributed by atoms with Crippen LogP contribution in [0.2, 0.25) is 5.02 Å². The maximum absolute atomic E-state index is 13.3. The summed E-state index contributed by atoms with van der Waals surface area (Å²) in [4.78, 5) is 3.56. The maximum Gasteiger partial charge on any atom is 0.151 e. The maximum atomic E-state index is 13.3. The number of halogens is 4. The Morgan fingerprint density at radius 1 is 1.16 bits per heavy atom. The van der Waals surface area contributed by atoms with Crippen LogP contribution in [0.5, 0.6) is 5.75 Å². The number of rotatable bonds is 3. The van der Waals surface area contributed by atoms with Crippen molar-refractivity contribution in [1.82, 2.24) is 4.98 Å². The van der Waals surface area contributed by atoms with Crippen LogP contribution >= 0.6 is 11.6 Å². The number of hydrogen-bond donors (Lipinski definition) is 0. The van der Waals surface area contributed by atoms with Crippen LogP contribution < -0.4 is 4.74 Å². The Labute approximate surface area is 112 Å². The van der Waals surface area contributed by atoms with Crippen LogP contribution in [0.25, 0.3) is 0 Å². The van der Waals surface area contributed by atoms with Crippen molar-refractivity contribution in [3.8, 4) is 5.75 Å². The van der Waals surface area contributed by atoms with Crippen LogP contribution in [-0.2, 0) is 6.61 Å². The molecule has 0 saturated heterocycles. The second-order valence-corrected chi connectivity index (χ2v) is 4.31. The molecule has 2 aromatic rings. The number of nitrogens with zero attached hydrogens (tertiary/aromatic N) is 1. The van der Waals surface area contributed by atoms with Gasteiger partial charge in [0.1, 0.15) is 34.7 Å². The van der Waals surface area contributed by atoms with Crippen molar-refractivity contribution >= 4 is 11.6 Å². The third-order valence-electron chi connectivity index (χ3n) is 2.39. The first-order valence-corrected chi connectivity index (χ1v) is 5.73. The molecule has 100 valence electrons. The summed E-state index contributed by atoms with van der Waals surface area (Å²) in [7, 11) is 0. The largest absolute Gasteiger partial charge is 0.485 e. The van der Waals surface area contributed by atoms with Crippen molar-refractivity contribution < 1.29 is 17.9 Å². The third-order valence-corrected chi connectivity index (χ3v) is 2.75. The van der Waals surface area contributed by atoms with E-state index < -0.39 is 17.5 Å². The molecule has 0 fully saturated rings. The molecule has 1 aromatic heterocycles. The van der Waals surface area contributed by atoms with Crippen molar-refractivity contribution in [2.24, 2.45) is 0 Å². The number of hydrogen-bond acceptors (Lipinski definition) is 2. The molecule has 2 rings (SSSR count). The van der Waals surface area contributed by atoms with Gasteiger partial charge in [-0.1, -0.05) is 11.6 Å². The zero-order chi connectivity index (χ0) is 14.0. The second kappa shape index (κ2) is 5.48. The first kappa shape index (κ1) is 13.7. The van der Waals surface area contributed by atoms with E-state index in [2.05, 4.69) is 4.98 Å². The minimum absolute atomic E-state index is 0.0839. The quantitative estimate of drug-likeness (QED) is 0.850. The lowest BCUT2D eigenvalue weighted by Gasteiger charge is -2.09. The molecular weight excluding hydrogens is 279 g/mol. The van der Waals surface area contributed by atoms with E-state index in [4.69, 9.17) is 16.3 Å². The SMILES string of the molecule is Cc1cc(F)c(Cl)c(OCc2ncc(F)cc2F)c1. The molecule has 0 aliphatic rings. The summed E-state index contributed by atoms with van der Waals surface area (Å²) >= 11 is 5.72. The zero-order valence-corrected chi connectivity index (χ0v) is 10.6. The van der Waals surface area contributed by atoms with Crippen LogP contribution in [0.1, 0.15) is 11.3 Å². The first-order valence-electron chi connectivity index (χ1n) is 5.35. The van der Waals surface area contributed by atoms with Gasteiger partial charge in [0.15, 0.2) is 5.82 Å². The topological polar surface area (TPSA) is 22.1 Å². The van der Waals surface area contributed by atoms with Crippen molar-refractivity contribution in [3.05, 3.63) is 58.1 Å². The van der Waals surface area contributed by atoms with E-state index in [-0.39, 0.29) is 23.1 Å². The van der Waals surface area contributed by atoms with Gasteiger partial charge in [0, 0.05) is 6.07 Å². The van der Waals surface area contributed by atoms with E-state index in [1.165, 1.54) is 12.1 Å². The molecule has 6 heteroatoms. The Balaban J connectivity index is 2.19. The second-order valence-electron chi connectivity index (χ2n) is 3.93. The van der Waals surface area contributed by atoms with Gasteiger partial charge in [-0.25, -0.2) is 13.2 Å². The molecule has 1 aromatic carbocycles. The van der Waals surface area contributed by atoms with Crippen molar-refractivity contribution in [2.45, 2.75) is 13.5 Å². The molecule has 0 aliphatic carbocycles. The van der Waals surface area contributed by atoms with E-state index in [0.29, 0.717) is 11.6 Å². The molecule has 0 saturated carbocycles. The molecule has 2 nitrogen and oxygen atoms in total. The minimum Gasteiger partial charge on any atom is -0.485 e. The fourth-order valence-electron chi connectivity index (χ4n) is 1.49. The van der Waals surface area contributed by atoms with Crippen molar-refractivity contribution in [3.63, 3.8) is 0 Å². The number of benzene rings is 1. The molecular formula is C13H9ClF3NO. The van der Waals surface area contributed by atoms with E-state index in [9.17, 15) is 13.2 Å². The van der Waals surface area contributed by atoms with Crippen molar-refractivity contribution in [2.75, 3.05) is 0 Å². The van der Waals surface area contributed by atoms with Gasteiger partial charge in [-0.05, 0) is 24.6 Å². The van der Waals surface area contributed by atoms with E-state index in [1.807, 2.05) is 0 Å². The number of aromatic nitrogens is 1. The lowest BCUT2D eigenvalue weighted by atomic mass is 10.2. The number of pyridine rings is 1. The summed E-state index contributed by atoms with van der Waals surface area (Å²) in [5.41, 5.74) is 0.531. The first-order chi connectivity index (χ1) is 8.97. The van der Waals surface area contributed by atoms with Gasteiger partial charge in [-0.2, -0.15) is 0 Å². The molecule has 0 amide bonds. The molecule has 0 aliphatic heterocycles. The van der Waals surface area contributed by atoms with Crippen LogP contribution in [-0.4, -0.2) is 4.98 Å². The molecule has 0 atom stereocenters. The van der Waals surface area contributed by atoms with Gasteiger partial charge in [0.25, 0.3) is 0 Å². The highest BCUT2D eigenvalue weighted by Crippen LogP contribution is 2.29. The predicted molar refractivity (Wildman–Crippen MR) is 64.6 cm³/mol. The van der Waals surface area contributed by atoms with E-state index >= 15 is 0 Å². The van der Waals surface area contributed by atoms with Gasteiger partial charge in [0.2, 0.25) is 0 Å². The van der Waals surface area contributed by atoms with Crippen LogP contribution in [0.15, 0.2) is 24.4 Å². The summed E-state index contributed by atoms with van der Waals surface area (Å²) < 4.78 is 44.5. The average molecular weight is 288 g/mol. The average Bonchev–Trinajstić information content (AvgIpc) is 2.33. The van der Waals surface area contributed by atoms with Gasteiger partial charge < -0.3 is 4.74 Å². The smallest absolute Gasteiger partial charge is 0.151 e. The standard InChI is InChI=1S/C13H9ClF3NO/c1-7-2-10(17)13(14)12(3-7)19-6-11-9(16)4-8(15)5-18-11/h2-5H,6H2,1H3. The molecule has 1 heterocycles. The van der Waals surface area contributed by atoms with Gasteiger partial charge in [-0.3, -0.25) is 4.98 Å². The van der Waals surface area contributed by atoms with E-state index in [0.717, 1.165) is 6.20 Å². The molecule has 0 radical (unpaired) electrons. The highest BCUT2D eigenvalue weighted by Gasteiger charge is 2.11. The normalized spacial score (nSPS) is 10.6. The van der Waals surface area contributed by atoms with Crippen LogP contribution in [0.3, 0.4) is 0 Å². The lowest BCUT2D eigenvalue weighted by molar-refractivity contribution is 0.292. The van der Waals surface area contributed by atoms with Gasteiger partial charge in [-0.15, -0.1) is 0 Å². The summed E-state index contributed by atoms with van der Waals surface area (Å²) in [5.74, 6) is -2.14. The zero-order valence-electron chi connectivity index (χ0n) is 9.88. The van der Waals surface area contributed by atoms with E-state index in [1.54, 1.807) is 6.92 Å². The molecule has 19 heavy (non-hydrogen) atoms. The Morgan fingerprint density at radius 2 is 1.89 bits per heavy atom. The number of ether oxygens (including phenoxy) is 1. The Hall–Kier alpha value is -1.75. The lowest BCUT2D eigenvalue weighted by Crippen LogP contribution is -2.03. The molecule has 0 spiro atoms. The molecule has 0 unspecified atom stereocenters. The predicted octanol–water partition coefficient (Wildman–Crippen LogP) is 4.04. The van der Waals surface area contributed by atoms with Gasteiger partial charge >= 0.3 is 0 Å². The summed E-state index contributed by atoms with van der Waals surface area (Å²) in [6.07, 6.45) is 0.875. The van der Waals surface area contributed by atoms with Gasteiger partial charge in [0.05, 0.1) is 6.20 Å². The third kappa shape index (κ3) is 3.17. The minimum atomic E-state index is -0.829. The molecule has 0 N–H and O–H groups in total. The van der Waals surface area contributed by atoms with Crippen LogP contribution in [0, 0.1) is 24.4 Å². The highest BCUT2D eigenvalue weighted by atomic mass is 35.5. The Kier molecular flexibility index (Phi) is 3.95. The number of aryl methyl sites for hydroxylation is 1. The summed E-state index contributed by atoms with van der Waals surface area (Å²) in [6.45, 7) is 1.40. The summed E-state index contributed by atoms with van der Waals surface area (Å²) in [6, 6.07) is 3.48. The highest BCUT2D eigenvalue weighted by molar-refractivity contribution is 6.32. The summed E-state index contributed by atoms with van der Waals surface area (Å²) in [5, 5.41) is -0.187. The monoisotopic (exact) mass is 287 g/mol. The van der Waals surface area contributed by atoms with Crippen LogP contribution in [0.4, 0.5) is 13.2 Å².